The first-order valence-corrected chi connectivity index (χ1v) is 7.92. The monoisotopic (exact) mass is 274 g/mol. The molecule has 2 amide bonds. The summed E-state index contributed by atoms with van der Waals surface area (Å²) < 4.78 is 22.0. The maximum Gasteiger partial charge on any atom is 0.315 e. The Bertz CT molecular complexity index is 410. The molecule has 18 heavy (non-hydrogen) atoms. The van der Waals surface area contributed by atoms with E-state index in [2.05, 4.69) is 16.6 Å². The first-order valence-electron chi connectivity index (χ1n) is 5.86. The molecule has 2 atom stereocenters. The van der Waals surface area contributed by atoms with Gasteiger partial charge in [0.05, 0.1) is 11.8 Å². The van der Waals surface area contributed by atoms with Gasteiger partial charge in [0.25, 0.3) is 0 Å². The Balaban J connectivity index is 4.13. The molecule has 0 spiro atoms. The van der Waals surface area contributed by atoms with Crippen molar-refractivity contribution >= 4 is 15.9 Å². The fourth-order valence-corrected chi connectivity index (χ4v) is 2.05. The third-order valence-corrected chi connectivity index (χ3v) is 3.41. The number of nitrogens with one attached hydrogen (secondary N) is 2. The highest BCUT2D eigenvalue weighted by atomic mass is 32.2. The minimum absolute atomic E-state index is 0.0528. The Morgan fingerprint density at radius 3 is 2.22 bits per heavy atom. The van der Waals surface area contributed by atoms with Crippen LogP contribution in [-0.4, -0.2) is 38.5 Å². The van der Waals surface area contributed by atoms with Crippen LogP contribution in [0.3, 0.4) is 0 Å². The molecule has 2 N–H and O–H groups in total. The zero-order valence-electron chi connectivity index (χ0n) is 11.4. The second-order valence-electron chi connectivity index (χ2n) is 4.83. The van der Waals surface area contributed by atoms with Crippen LogP contribution in [0.5, 0.6) is 0 Å². The molecule has 0 aliphatic rings. The van der Waals surface area contributed by atoms with Crippen LogP contribution in [0.4, 0.5) is 4.79 Å². The molecule has 104 valence electrons. The van der Waals surface area contributed by atoms with E-state index in [1.807, 2.05) is 13.8 Å². The van der Waals surface area contributed by atoms with Crippen LogP contribution in [-0.2, 0) is 9.84 Å². The third-order valence-electron chi connectivity index (χ3n) is 2.43. The fourth-order valence-electron chi connectivity index (χ4n) is 1.27. The number of hydrogen-bond acceptors (Lipinski definition) is 3. The number of amides is 2. The lowest BCUT2D eigenvalue weighted by molar-refractivity contribution is 0.233. The summed E-state index contributed by atoms with van der Waals surface area (Å²) in [5, 5.41) is 5.32. The second kappa shape index (κ2) is 7.27. The van der Waals surface area contributed by atoms with Crippen LogP contribution in [0.25, 0.3) is 0 Å². The highest BCUT2D eigenvalue weighted by Crippen LogP contribution is 2.00. The maximum atomic E-state index is 11.6. The van der Waals surface area contributed by atoms with Gasteiger partial charge in [0.1, 0.15) is 9.84 Å². The van der Waals surface area contributed by atoms with Gasteiger partial charge in [-0.2, -0.15) is 0 Å². The lowest BCUT2D eigenvalue weighted by atomic mass is 10.1. The SMILES string of the molecule is C#CC(NC(=O)NC(C)CCS(C)(=O)=O)C(C)C. The van der Waals surface area contributed by atoms with Gasteiger partial charge < -0.3 is 10.6 Å². The summed E-state index contributed by atoms with van der Waals surface area (Å²) in [7, 11) is -3.00. The third kappa shape index (κ3) is 7.96. The van der Waals surface area contributed by atoms with Crippen molar-refractivity contribution in [2.45, 2.75) is 39.3 Å². The molecule has 0 aromatic carbocycles. The van der Waals surface area contributed by atoms with Crippen molar-refractivity contribution < 1.29 is 13.2 Å². The Hall–Kier alpha value is -1.22. The molecular formula is C12H22N2O3S. The minimum Gasteiger partial charge on any atom is -0.336 e. The molecule has 0 heterocycles. The average Bonchev–Trinajstić information content (AvgIpc) is 2.21. The smallest absolute Gasteiger partial charge is 0.315 e. The van der Waals surface area contributed by atoms with E-state index in [1.165, 1.54) is 6.26 Å². The lowest BCUT2D eigenvalue weighted by Gasteiger charge is -2.19. The molecule has 0 aromatic rings. The number of carbonyl (C=O) groups is 1. The topological polar surface area (TPSA) is 75.3 Å². The molecule has 0 aliphatic heterocycles. The summed E-state index contributed by atoms with van der Waals surface area (Å²) in [6, 6.07) is -0.912. The zero-order chi connectivity index (χ0) is 14.3. The number of urea groups is 1. The van der Waals surface area contributed by atoms with Gasteiger partial charge in [-0.1, -0.05) is 19.8 Å². The van der Waals surface area contributed by atoms with E-state index in [0.717, 1.165) is 0 Å². The quantitative estimate of drug-likeness (QED) is 0.702. The highest BCUT2D eigenvalue weighted by molar-refractivity contribution is 7.90. The van der Waals surface area contributed by atoms with Gasteiger partial charge in [-0.25, -0.2) is 13.2 Å². The molecule has 0 rings (SSSR count). The maximum absolute atomic E-state index is 11.6. The average molecular weight is 274 g/mol. The van der Waals surface area contributed by atoms with Crippen LogP contribution < -0.4 is 10.6 Å². The zero-order valence-corrected chi connectivity index (χ0v) is 12.2. The Morgan fingerprint density at radius 1 is 1.28 bits per heavy atom. The van der Waals surface area contributed by atoms with Gasteiger partial charge >= 0.3 is 6.03 Å². The van der Waals surface area contributed by atoms with E-state index in [-0.39, 0.29) is 29.8 Å². The molecular weight excluding hydrogens is 252 g/mol. The van der Waals surface area contributed by atoms with Gasteiger partial charge in [-0.05, 0) is 19.3 Å². The number of hydrogen-bond donors (Lipinski definition) is 2. The van der Waals surface area contributed by atoms with Crippen molar-refractivity contribution in [1.82, 2.24) is 10.6 Å². The van der Waals surface area contributed by atoms with Crippen LogP contribution in [0.15, 0.2) is 0 Å². The predicted octanol–water partition coefficient (Wildman–Crippen LogP) is 0.767. The van der Waals surface area contributed by atoms with Gasteiger partial charge in [0.2, 0.25) is 0 Å². The Kier molecular flexibility index (Phi) is 6.77. The van der Waals surface area contributed by atoms with Crippen molar-refractivity contribution in [2.24, 2.45) is 5.92 Å². The summed E-state index contributed by atoms with van der Waals surface area (Å²) in [6.07, 6.45) is 6.85. The number of sulfone groups is 1. The first kappa shape index (κ1) is 16.8. The number of carbonyl (C=O) groups excluding carboxylic acids is 1. The molecule has 0 aliphatic carbocycles. The number of rotatable bonds is 6. The van der Waals surface area contributed by atoms with Crippen LogP contribution >= 0.6 is 0 Å². The lowest BCUT2D eigenvalue weighted by Crippen LogP contribution is -2.47. The molecule has 0 saturated carbocycles. The Labute approximate surface area is 110 Å². The van der Waals surface area contributed by atoms with Crippen LogP contribution in [0.1, 0.15) is 27.2 Å². The van der Waals surface area contributed by atoms with Gasteiger partial charge in [-0.15, -0.1) is 6.42 Å². The molecule has 0 aromatic heterocycles. The van der Waals surface area contributed by atoms with Gasteiger partial charge in [0.15, 0.2) is 0 Å². The minimum atomic E-state index is -3.00. The van der Waals surface area contributed by atoms with E-state index >= 15 is 0 Å². The molecule has 2 unspecified atom stereocenters. The summed E-state index contributed by atoms with van der Waals surface area (Å²) in [5.74, 6) is 2.69. The number of terminal acetylenes is 1. The fraction of sp³-hybridized carbons (Fsp3) is 0.750. The van der Waals surface area contributed by atoms with Crippen molar-refractivity contribution in [3.05, 3.63) is 0 Å². The normalized spacial score (nSPS) is 14.7. The van der Waals surface area contributed by atoms with Crippen molar-refractivity contribution in [2.75, 3.05) is 12.0 Å². The summed E-state index contributed by atoms with van der Waals surface area (Å²) in [4.78, 5) is 11.6. The van der Waals surface area contributed by atoms with E-state index < -0.39 is 9.84 Å². The predicted molar refractivity (Wildman–Crippen MR) is 72.9 cm³/mol. The largest absolute Gasteiger partial charge is 0.336 e. The van der Waals surface area contributed by atoms with Crippen molar-refractivity contribution in [1.29, 1.82) is 0 Å². The molecule has 0 radical (unpaired) electrons. The van der Waals surface area contributed by atoms with Crippen LogP contribution in [0, 0.1) is 18.3 Å². The standard InChI is InChI=1S/C12H22N2O3S/c1-6-11(9(2)3)14-12(15)13-10(4)7-8-18(5,16)17/h1,9-11H,7-8H2,2-5H3,(H2,13,14,15). The van der Waals surface area contributed by atoms with Gasteiger partial charge in [-0.3, -0.25) is 0 Å². The van der Waals surface area contributed by atoms with Gasteiger partial charge in [0, 0.05) is 12.3 Å². The molecule has 0 bridgehead atoms. The summed E-state index contributed by atoms with van der Waals surface area (Å²) in [6.45, 7) is 5.58. The summed E-state index contributed by atoms with van der Waals surface area (Å²) in [5.41, 5.74) is 0. The molecule has 0 saturated heterocycles. The van der Waals surface area contributed by atoms with E-state index in [9.17, 15) is 13.2 Å². The molecule has 6 heteroatoms. The van der Waals surface area contributed by atoms with Crippen LogP contribution in [0.2, 0.25) is 0 Å². The molecule has 5 nitrogen and oxygen atoms in total. The summed E-state index contributed by atoms with van der Waals surface area (Å²) >= 11 is 0. The van der Waals surface area contributed by atoms with Crippen molar-refractivity contribution in [3.8, 4) is 12.3 Å². The van der Waals surface area contributed by atoms with Crippen molar-refractivity contribution in [3.63, 3.8) is 0 Å². The first-order chi connectivity index (χ1) is 8.15. The van der Waals surface area contributed by atoms with E-state index in [1.54, 1.807) is 6.92 Å². The Morgan fingerprint density at radius 2 is 1.83 bits per heavy atom. The van der Waals surface area contributed by atoms with E-state index in [0.29, 0.717) is 6.42 Å². The second-order valence-corrected chi connectivity index (χ2v) is 7.09. The molecule has 0 fully saturated rings. The highest BCUT2D eigenvalue weighted by Gasteiger charge is 2.15. The van der Waals surface area contributed by atoms with E-state index in [4.69, 9.17) is 6.42 Å².